The molecule has 0 fully saturated rings. The molecule has 0 spiro atoms. The van der Waals surface area contributed by atoms with Gasteiger partial charge in [-0.05, 0) is 17.5 Å². The highest BCUT2D eigenvalue weighted by Crippen LogP contribution is 2.31. The number of sulfonamides is 1. The van der Waals surface area contributed by atoms with Gasteiger partial charge in [0.1, 0.15) is 0 Å². The van der Waals surface area contributed by atoms with Crippen LogP contribution in [-0.4, -0.2) is 44.6 Å². The van der Waals surface area contributed by atoms with E-state index in [-0.39, 0.29) is 6.54 Å². The van der Waals surface area contributed by atoms with Crippen molar-refractivity contribution < 1.29 is 17.9 Å². The average Bonchev–Trinajstić information content (AvgIpc) is 2.45. The van der Waals surface area contributed by atoms with Gasteiger partial charge in [0.15, 0.2) is 5.75 Å². The van der Waals surface area contributed by atoms with Gasteiger partial charge in [-0.2, -0.15) is 4.31 Å². The normalized spacial score (nSPS) is 19.4. The van der Waals surface area contributed by atoms with E-state index < -0.39 is 27.8 Å². The predicted octanol–water partition coefficient (Wildman–Crippen LogP) is 0.0473. The van der Waals surface area contributed by atoms with Crippen LogP contribution in [0.25, 0.3) is 0 Å². The zero-order chi connectivity index (χ0) is 14.8. The van der Waals surface area contributed by atoms with Crippen LogP contribution in [0.15, 0.2) is 24.3 Å². The Morgan fingerprint density at radius 2 is 2.15 bits per heavy atom. The summed E-state index contributed by atoms with van der Waals surface area (Å²) in [5, 5.41) is 0. The standard InChI is InChI=1S/C13H18N2O4S/c1-19-13(16)9-20(17,18)15-7-6-10-4-2-3-5-11(10)12(15)8-14/h2-5,12H,6-9,14H2,1H3. The Labute approximate surface area is 118 Å². The van der Waals surface area contributed by atoms with Crippen LogP contribution in [0.4, 0.5) is 0 Å². The number of carbonyl (C=O) groups is 1. The fourth-order valence-electron chi connectivity index (χ4n) is 2.50. The molecule has 1 aliphatic rings. The highest BCUT2D eigenvalue weighted by Gasteiger charge is 2.35. The number of hydrogen-bond acceptors (Lipinski definition) is 5. The molecule has 0 saturated heterocycles. The second-order valence-corrected chi connectivity index (χ2v) is 6.56. The molecule has 1 aromatic carbocycles. The maximum Gasteiger partial charge on any atom is 0.322 e. The van der Waals surface area contributed by atoms with Gasteiger partial charge in [-0.15, -0.1) is 0 Å². The molecule has 7 heteroatoms. The van der Waals surface area contributed by atoms with Crippen molar-refractivity contribution in [2.45, 2.75) is 12.5 Å². The molecule has 20 heavy (non-hydrogen) atoms. The maximum absolute atomic E-state index is 12.3. The van der Waals surface area contributed by atoms with Crippen LogP contribution in [0.5, 0.6) is 0 Å². The largest absolute Gasteiger partial charge is 0.468 e. The fraction of sp³-hybridized carbons (Fsp3) is 0.462. The van der Waals surface area contributed by atoms with Crippen molar-refractivity contribution in [2.24, 2.45) is 5.73 Å². The summed E-state index contributed by atoms with van der Waals surface area (Å²) in [6.45, 7) is 0.510. The van der Waals surface area contributed by atoms with Gasteiger partial charge >= 0.3 is 5.97 Å². The van der Waals surface area contributed by atoms with Gasteiger partial charge in [0, 0.05) is 13.1 Å². The second-order valence-electron chi connectivity index (χ2n) is 4.64. The number of rotatable bonds is 4. The number of nitrogens with two attached hydrogens (primary N) is 1. The molecule has 1 unspecified atom stereocenters. The molecule has 1 aliphatic heterocycles. The molecule has 0 amide bonds. The molecule has 6 nitrogen and oxygen atoms in total. The zero-order valence-corrected chi connectivity index (χ0v) is 12.1. The van der Waals surface area contributed by atoms with Crippen molar-refractivity contribution in [1.82, 2.24) is 4.31 Å². The molecular formula is C13H18N2O4S. The smallest absolute Gasteiger partial charge is 0.322 e. The van der Waals surface area contributed by atoms with E-state index in [1.807, 2.05) is 24.3 Å². The third-order valence-electron chi connectivity index (χ3n) is 3.47. The number of hydrogen-bond donors (Lipinski definition) is 1. The third-order valence-corrected chi connectivity index (χ3v) is 5.22. The molecule has 0 bridgehead atoms. The summed E-state index contributed by atoms with van der Waals surface area (Å²) < 4.78 is 30.4. The maximum atomic E-state index is 12.3. The monoisotopic (exact) mass is 298 g/mol. The number of methoxy groups -OCH3 is 1. The summed E-state index contributed by atoms with van der Waals surface area (Å²) in [5.41, 5.74) is 7.76. The minimum atomic E-state index is -3.72. The molecule has 2 rings (SSSR count). The minimum absolute atomic E-state index is 0.178. The summed E-state index contributed by atoms with van der Waals surface area (Å²) in [4.78, 5) is 11.3. The predicted molar refractivity (Wildman–Crippen MR) is 74.5 cm³/mol. The highest BCUT2D eigenvalue weighted by atomic mass is 32.2. The SMILES string of the molecule is COC(=O)CS(=O)(=O)N1CCc2ccccc2C1CN. The number of ether oxygens (including phenoxy) is 1. The first kappa shape index (κ1) is 15.0. The molecule has 0 radical (unpaired) electrons. The summed E-state index contributed by atoms with van der Waals surface area (Å²) in [7, 11) is -2.55. The molecule has 0 aromatic heterocycles. The van der Waals surface area contributed by atoms with E-state index in [2.05, 4.69) is 4.74 Å². The topological polar surface area (TPSA) is 89.7 Å². The second kappa shape index (κ2) is 5.90. The Kier molecular flexibility index (Phi) is 4.42. The van der Waals surface area contributed by atoms with Gasteiger partial charge in [-0.25, -0.2) is 8.42 Å². The molecular weight excluding hydrogens is 280 g/mol. The van der Waals surface area contributed by atoms with Gasteiger partial charge in [0.25, 0.3) is 0 Å². The van der Waals surface area contributed by atoms with Gasteiger partial charge in [-0.3, -0.25) is 4.79 Å². The summed E-state index contributed by atoms with van der Waals surface area (Å²) in [6.07, 6.45) is 0.618. The lowest BCUT2D eigenvalue weighted by Crippen LogP contribution is -2.45. The van der Waals surface area contributed by atoms with Crippen molar-refractivity contribution in [3.05, 3.63) is 35.4 Å². The fourth-order valence-corrected chi connectivity index (χ4v) is 4.04. The van der Waals surface area contributed by atoms with Crippen LogP contribution in [0, 0.1) is 0 Å². The van der Waals surface area contributed by atoms with Gasteiger partial charge in [0.2, 0.25) is 10.0 Å². The summed E-state index contributed by atoms with van der Waals surface area (Å²) in [5.74, 6) is -1.41. The highest BCUT2D eigenvalue weighted by molar-refractivity contribution is 7.89. The summed E-state index contributed by atoms with van der Waals surface area (Å²) in [6, 6.07) is 7.22. The van der Waals surface area contributed by atoms with Crippen molar-refractivity contribution in [1.29, 1.82) is 0 Å². The number of benzene rings is 1. The van der Waals surface area contributed by atoms with Gasteiger partial charge in [0.05, 0.1) is 13.2 Å². The van der Waals surface area contributed by atoms with Gasteiger partial charge in [-0.1, -0.05) is 24.3 Å². The third kappa shape index (κ3) is 2.84. The molecule has 1 heterocycles. The van der Waals surface area contributed by atoms with E-state index in [1.54, 1.807) is 0 Å². The molecule has 1 atom stereocenters. The molecule has 0 saturated carbocycles. The Hall–Kier alpha value is -1.44. The van der Waals surface area contributed by atoms with Crippen LogP contribution in [-0.2, 0) is 26.0 Å². The molecule has 2 N–H and O–H groups in total. The van der Waals surface area contributed by atoms with Crippen LogP contribution < -0.4 is 5.73 Å². The zero-order valence-electron chi connectivity index (χ0n) is 11.3. The minimum Gasteiger partial charge on any atom is -0.468 e. The Bertz CT molecular complexity index is 600. The summed E-state index contributed by atoms with van der Waals surface area (Å²) >= 11 is 0. The van der Waals surface area contributed by atoms with E-state index in [9.17, 15) is 13.2 Å². The first-order chi connectivity index (χ1) is 9.49. The van der Waals surface area contributed by atoms with E-state index in [0.717, 1.165) is 11.1 Å². The first-order valence-corrected chi connectivity index (χ1v) is 7.94. The van der Waals surface area contributed by atoms with Crippen molar-refractivity contribution in [3.8, 4) is 0 Å². The van der Waals surface area contributed by atoms with Crippen molar-refractivity contribution in [2.75, 3.05) is 26.0 Å². The quantitative estimate of drug-likeness (QED) is 0.793. The van der Waals surface area contributed by atoms with Crippen LogP contribution in [0.1, 0.15) is 17.2 Å². The van der Waals surface area contributed by atoms with Crippen molar-refractivity contribution in [3.63, 3.8) is 0 Å². The Balaban J connectivity index is 2.32. The average molecular weight is 298 g/mol. The number of carbonyl (C=O) groups excluding carboxylic acids is 1. The Morgan fingerprint density at radius 1 is 1.45 bits per heavy atom. The van der Waals surface area contributed by atoms with E-state index in [4.69, 9.17) is 5.73 Å². The van der Waals surface area contributed by atoms with Gasteiger partial charge < -0.3 is 10.5 Å². The van der Waals surface area contributed by atoms with Crippen LogP contribution in [0.2, 0.25) is 0 Å². The number of nitrogens with zero attached hydrogens (tertiary/aromatic N) is 1. The van der Waals surface area contributed by atoms with Crippen LogP contribution in [0.3, 0.4) is 0 Å². The van der Waals surface area contributed by atoms with Crippen LogP contribution >= 0.6 is 0 Å². The number of esters is 1. The van der Waals surface area contributed by atoms with E-state index in [0.29, 0.717) is 13.0 Å². The van der Waals surface area contributed by atoms with E-state index >= 15 is 0 Å². The lowest BCUT2D eigenvalue weighted by molar-refractivity contribution is -0.137. The molecule has 0 aliphatic carbocycles. The lowest BCUT2D eigenvalue weighted by Gasteiger charge is -2.35. The number of fused-ring (bicyclic) bond motifs is 1. The molecule has 110 valence electrons. The first-order valence-electron chi connectivity index (χ1n) is 6.34. The lowest BCUT2D eigenvalue weighted by atomic mass is 9.94. The Morgan fingerprint density at radius 3 is 2.80 bits per heavy atom. The van der Waals surface area contributed by atoms with Crippen molar-refractivity contribution >= 4 is 16.0 Å². The van der Waals surface area contributed by atoms with E-state index in [1.165, 1.54) is 11.4 Å². The molecule has 1 aromatic rings.